The third-order valence-electron chi connectivity index (χ3n) is 6.96. The predicted molar refractivity (Wildman–Crippen MR) is 152 cm³/mol. The maximum absolute atomic E-state index is 13.3. The summed E-state index contributed by atoms with van der Waals surface area (Å²) in [6.45, 7) is 3.91. The highest BCUT2D eigenvalue weighted by Crippen LogP contribution is 2.32. The van der Waals surface area contributed by atoms with Crippen molar-refractivity contribution in [3.05, 3.63) is 115 Å². The zero-order valence-electron chi connectivity index (χ0n) is 21.5. The minimum Gasteiger partial charge on any atom is -0.457 e. The van der Waals surface area contributed by atoms with E-state index in [9.17, 15) is 8.42 Å². The Morgan fingerprint density at radius 3 is 2.00 bits per heavy atom. The van der Waals surface area contributed by atoms with Gasteiger partial charge in [0.2, 0.25) is 10.0 Å². The van der Waals surface area contributed by atoms with Crippen LogP contribution in [0.4, 0.5) is 0 Å². The topological polar surface area (TPSA) is 61.9 Å². The molecule has 4 aromatic rings. The van der Waals surface area contributed by atoms with Crippen LogP contribution in [0.25, 0.3) is 11.1 Å². The van der Waals surface area contributed by atoms with Gasteiger partial charge in [0.1, 0.15) is 11.5 Å². The number of benzene rings is 4. The van der Waals surface area contributed by atoms with Crippen LogP contribution < -0.4 is 9.46 Å². The minimum atomic E-state index is -3.72. The molecule has 0 aliphatic carbocycles. The summed E-state index contributed by atoms with van der Waals surface area (Å²) in [7, 11) is -1.60. The Morgan fingerprint density at radius 2 is 1.32 bits per heavy atom. The van der Waals surface area contributed by atoms with Crippen molar-refractivity contribution in [3.63, 3.8) is 0 Å². The Morgan fingerprint density at radius 1 is 0.737 bits per heavy atom. The van der Waals surface area contributed by atoms with Gasteiger partial charge in [-0.15, -0.1) is 0 Å². The molecular weight excluding hydrogens is 494 g/mol. The monoisotopic (exact) mass is 527 g/mol. The van der Waals surface area contributed by atoms with E-state index in [1.54, 1.807) is 24.3 Å². The van der Waals surface area contributed by atoms with Gasteiger partial charge < -0.3 is 9.64 Å². The van der Waals surface area contributed by atoms with E-state index in [2.05, 4.69) is 45.8 Å². The van der Waals surface area contributed by atoms with Crippen molar-refractivity contribution < 1.29 is 13.2 Å². The largest absolute Gasteiger partial charge is 0.457 e. The fourth-order valence-corrected chi connectivity index (χ4v) is 5.86. The van der Waals surface area contributed by atoms with Gasteiger partial charge >= 0.3 is 0 Å². The van der Waals surface area contributed by atoms with E-state index in [4.69, 9.17) is 4.74 Å². The van der Waals surface area contributed by atoms with Gasteiger partial charge in [0.05, 0.1) is 4.90 Å². The van der Waals surface area contributed by atoms with Gasteiger partial charge in [0.25, 0.3) is 0 Å². The molecule has 0 saturated carbocycles. The summed E-state index contributed by atoms with van der Waals surface area (Å²) in [6, 6.07) is 34.4. The molecule has 1 fully saturated rings. The number of sulfonamides is 1. The van der Waals surface area contributed by atoms with Gasteiger partial charge in [-0.3, -0.25) is 4.90 Å². The highest BCUT2D eigenvalue weighted by atomic mass is 32.2. The van der Waals surface area contributed by atoms with Crippen molar-refractivity contribution in [2.45, 2.75) is 10.9 Å². The molecule has 1 heterocycles. The van der Waals surface area contributed by atoms with E-state index in [0.29, 0.717) is 11.5 Å². The quantitative estimate of drug-likeness (QED) is 0.315. The van der Waals surface area contributed by atoms with E-state index in [1.165, 1.54) is 0 Å². The predicted octanol–water partition coefficient (Wildman–Crippen LogP) is 5.41. The first-order valence-corrected chi connectivity index (χ1v) is 14.4. The molecular formula is C31H33N3O3S. The minimum absolute atomic E-state index is 0.101. The van der Waals surface area contributed by atoms with Crippen LogP contribution in [-0.2, 0) is 10.0 Å². The average Bonchev–Trinajstić information content (AvgIpc) is 2.96. The number of para-hydroxylation sites is 1. The molecule has 0 radical (unpaired) electrons. The molecule has 7 heteroatoms. The van der Waals surface area contributed by atoms with Gasteiger partial charge in [0, 0.05) is 38.8 Å². The first-order chi connectivity index (χ1) is 18.5. The third-order valence-corrected chi connectivity index (χ3v) is 8.40. The summed E-state index contributed by atoms with van der Waals surface area (Å²) in [5.41, 5.74) is 3.37. The lowest BCUT2D eigenvalue weighted by molar-refractivity contribution is 0.113. The molecule has 6 nitrogen and oxygen atoms in total. The number of hydrogen-bond acceptors (Lipinski definition) is 5. The molecule has 0 spiro atoms. The molecule has 5 rings (SSSR count). The Labute approximate surface area is 225 Å². The average molecular weight is 528 g/mol. The smallest absolute Gasteiger partial charge is 0.240 e. The number of piperazine rings is 1. The van der Waals surface area contributed by atoms with Crippen molar-refractivity contribution in [3.8, 4) is 22.6 Å². The van der Waals surface area contributed by atoms with E-state index in [-0.39, 0.29) is 17.5 Å². The van der Waals surface area contributed by atoms with Crippen LogP contribution in [0.3, 0.4) is 0 Å². The maximum Gasteiger partial charge on any atom is 0.240 e. The van der Waals surface area contributed by atoms with Crippen LogP contribution in [0.15, 0.2) is 114 Å². The van der Waals surface area contributed by atoms with Crippen LogP contribution in [-0.4, -0.2) is 58.0 Å². The van der Waals surface area contributed by atoms with Crippen LogP contribution in [0.2, 0.25) is 0 Å². The molecule has 196 valence electrons. The van der Waals surface area contributed by atoms with Crippen molar-refractivity contribution in [1.82, 2.24) is 14.5 Å². The van der Waals surface area contributed by atoms with Crippen molar-refractivity contribution in [2.24, 2.45) is 0 Å². The Kier molecular flexibility index (Phi) is 8.20. The van der Waals surface area contributed by atoms with Crippen molar-refractivity contribution in [2.75, 3.05) is 39.8 Å². The molecule has 1 saturated heterocycles. The summed E-state index contributed by atoms with van der Waals surface area (Å²) >= 11 is 0. The van der Waals surface area contributed by atoms with Gasteiger partial charge in [0.15, 0.2) is 0 Å². The highest BCUT2D eigenvalue weighted by molar-refractivity contribution is 7.89. The number of rotatable bonds is 9. The number of nitrogens with one attached hydrogen (secondary N) is 1. The van der Waals surface area contributed by atoms with Gasteiger partial charge in [-0.05, 0) is 60.1 Å². The van der Waals surface area contributed by atoms with Gasteiger partial charge in [-0.1, -0.05) is 72.8 Å². The Hall–Kier alpha value is -3.49. The van der Waals surface area contributed by atoms with E-state index < -0.39 is 10.0 Å². The molecule has 4 aromatic carbocycles. The fraction of sp³-hybridized carbons (Fsp3) is 0.226. The Balaban J connectivity index is 1.37. The van der Waals surface area contributed by atoms with Crippen molar-refractivity contribution in [1.29, 1.82) is 0 Å². The SMILES string of the molecule is CN1CCN(C(CNS(=O)(=O)c2ccc(Oc3ccccc3)cc2)c2ccccc2-c2ccccc2)CC1. The Bertz CT molecular complexity index is 1420. The lowest BCUT2D eigenvalue weighted by Gasteiger charge is -2.39. The standard InChI is InChI=1S/C31H33N3O3S/c1-33-20-22-34(23-21-33)31(30-15-9-8-14-29(30)25-10-4-2-5-11-25)24-32-38(35,36)28-18-16-27(17-19-28)37-26-12-6-3-7-13-26/h2-19,31-32H,20-24H2,1H3. The van der Waals surface area contributed by atoms with Crippen LogP contribution in [0.5, 0.6) is 11.5 Å². The lowest BCUT2D eigenvalue weighted by atomic mass is 9.93. The van der Waals surface area contributed by atoms with Crippen LogP contribution in [0.1, 0.15) is 11.6 Å². The normalized spacial score (nSPS) is 15.7. The van der Waals surface area contributed by atoms with E-state index in [1.807, 2.05) is 60.7 Å². The van der Waals surface area contributed by atoms with Gasteiger partial charge in [-0.2, -0.15) is 0 Å². The zero-order valence-corrected chi connectivity index (χ0v) is 22.3. The van der Waals surface area contributed by atoms with E-state index >= 15 is 0 Å². The third kappa shape index (κ3) is 6.31. The van der Waals surface area contributed by atoms with Crippen LogP contribution >= 0.6 is 0 Å². The number of likely N-dealkylation sites (N-methyl/N-ethyl adjacent to an activating group) is 1. The lowest BCUT2D eigenvalue weighted by Crippen LogP contribution is -2.48. The van der Waals surface area contributed by atoms with Crippen molar-refractivity contribution >= 4 is 10.0 Å². The summed E-state index contributed by atoms with van der Waals surface area (Å²) in [5, 5.41) is 0. The summed E-state index contributed by atoms with van der Waals surface area (Å²) < 4.78 is 35.4. The summed E-state index contributed by atoms with van der Waals surface area (Å²) in [5.74, 6) is 1.29. The molecule has 1 atom stereocenters. The van der Waals surface area contributed by atoms with Crippen LogP contribution in [0, 0.1) is 0 Å². The molecule has 1 aliphatic heterocycles. The zero-order chi connectivity index (χ0) is 26.4. The molecule has 1 aliphatic rings. The van der Waals surface area contributed by atoms with E-state index in [0.717, 1.165) is 42.9 Å². The molecule has 1 unspecified atom stereocenters. The molecule has 0 aromatic heterocycles. The second-order valence-electron chi connectivity index (χ2n) is 9.55. The summed E-state index contributed by atoms with van der Waals surface area (Å²) in [6.07, 6.45) is 0. The fourth-order valence-electron chi connectivity index (χ4n) is 4.82. The highest BCUT2D eigenvalue weighted by Gasteiger charge is 2.28. The molecule has 1 N–H and O–H groups in total. The van der Waals surface area contributed by atoms with Gasteiger partial charge in [-0.25, -0.2) is 13.1 Å². The maximum atomic E-state index is 13.3. The summed E-state index contributed by atoms with van der Waals surface area (Å²) in [4.78, 5) is 4.91. The number of nitrogens with zero attached hydrogens (tertiary/aromatic N) is 2. The second kappa shape index (κ2) is 11.9. The first-order valence-electron chi connectivity index (χ1n) is 12.9. The first kappa shape index (κ1) is 26.1. The number of hydrogen-bond donors (Lipinski definition) is 1. The number of ether oxygens (including phenoxy) is 1. The molecule has 38 heavy (non-hydrogen) atoms. The molecule has 0 bridgehead atoms. The molecule has 0 amide bonds. The second-order valence-corrected chi connectivity index (χ2v) is 11.3.